The van der Waals surface area contributed by atoms with Crippen molar-refractivity contribution >= 4 is 5.69 Å². The minimum atomic E-state index is 0.202. The fraction of sp³-hybridized carbons (Fsp3) is 0.308. The molecule has 1 atom stereocenters. The highest BCUT2D eigenvalue weighted by molar-refractivity contribution is 5.56. The molecule has 0 radical (unpaired) electrons. The highest BCUT2D eigenvalue weighted by Gasteiger charge is 2.16. The van der Waals surface area contributed by atoms with Crippen molar-refractivity contribution < 1.29 is 18.9 Å². The molecule has 1 fully saturated rings. The summed E-state index contributed by atoms with van der Waals surface area (Å²) < 4.78 is 23.2. The van der Waals surface area contributed by atoms with E-state index < -0.39 is 0 Å². The second-order valence-electron chi connectivity index (χ2n) is 7.45. The lowest BCUT2D eigenvalue weighted by Crippen LogP contribution is -2.16. The third-order valence-corrected chi connectivity index (χ3v) is 5.08. The van der Waals surface area contributed by atoms with Crippen LogP contribution >= 0.6 is 0 Å². The molecule has 1 heterocycles. The number of hydrogen-bond acceptors (Lipinski definition) is 5. The van der Waals surface area contributed by atoms with Crippen LogP contribution in [0.25, 0.3) is 0 Å². The zero-order valence-corrected chi connectivity index (χ0v) is 17.7. The Morgan fingerprint density at radius 2 is 1.58 bits per heavy atom. The first-order chi connectivity index (χ1) is 15.4. The van der Waals surface area contributed by atoms with Gasteiger partial charge in [0, 0.05) is 13.2 Å². The van der Waals surface area contributed by atoms with E-state index >= 15 is 0 Å². The summed E-state index contributed by atoms with van der Waals surface area (Å²) in [5, 5.41) is 3.47. The lowest BCUT2D eigenvalue weighted by atomic mass is 10.2. The summed E-state index contributed by atoms with van der Waals surface area (Å²) in [6, 6.07) is 25.9. The van der Waals surface area contributed by atoms with E-state index in [-0.39, 0.29) is 6.10 Å². The standard InChI is InChI=1S/C26H29NO4/c1-2-9-22(10-3-1)29-16-17-30-23-11-6-8-21(18-23)19-27-25-13-4-5-14-26(25)31-20-24-12-7-15-28-24/h1-6,8-11,13-14,18,24,27H,7,12,15-17,19-20H2. The summed E-state index contributed by atoms with van der Waals surface area (Å²) in [4.78, 5) is 0. The lowest BCUT2D eigenvalue weighted by molar-refractivity contribution is 0.0682. The molecule has 3 aromatic rings. The Labute approximate surface area is 183 Å². The Balaban J connectivity index is 1.25. The van der Waals surface area contributed by atoms with Crippen LogP contribution in [0.2, 0.25) is 0 Å². The van der Waals surface area contributed by atoms with Crippen molar-refractivity contribution in [3.05, 3.63) is 84.4 Å². The highest BCUT2D eigenvalue weighted by Crippen LogP contribution is 2.26. The monoisotopic (exact) mass is 419 g/mol. The molecule has 1 saturated heterocycles. The van der Waals surface area contributed by atoms with Gasteiger partial charge in [0.05, 0.1) is 11.8 Å². The van der Waals surface area contributed by atoms with Gasteiger partial charge in [0.15, 0.2) is 0 Å². The van der Waals surface area contributed by atoms with Gasteiger partial charge in [0.2, 0.25) is 0 Å². The molecule has 4 rings (SSSR count). The van der Waals surface area contributed by atoms with Crippen molar-refractivity contribution in [2.24, 2.45) is 0 Å². The maximum Gasteiger partial charge on any atom is 0.142 e. The van der Waals surface area contributed by atoms with Crippen molar-refractivity contribution in [3.8, 4) is 17.2 Å². The minimum Gasteiger partial charge on any atom is -0.490 e. The number of para-hydroxylation sites is 3. The van der Waals surface area contributed by atoms with Gasteiger partial charge in [-0.1, -0.05) is 42.5 Å². The SMILES string of the molecule is c1ccc(OCCOc2cccc(CNc3ccccc3OCC3CCCO3)c2)cc1. The third kappa shape index (κ3) is 6.66. The molecule has 0 bridgehead atoms. The number of anilines is 1. The first-order valence-corrected chi connectivity index (χ1v) is 10.8. The van der Waals surface area contributed by atoms with Gasteiger partial charge in [0.1, 0.15) is 37.1 Å². The molecule has 1 unspecified atom stereocenters. The van der Waals surface area contributed by atoms with Crippen LogP contribution in [0.3, 0.4) is 0 Å². The summed E-state index contributed by atoms with van der Waals surface area (Å²) in [6.45, 7) is 3.10. The highest BCUT2D eigenvalue weighted by atomic mass is 16.5. The number of benzene rings is 3. The number of hydrogen-bond donors (Lipinski definition) is 1. The minimum absolute atomic E-state index is 0.202. The number of ether oxygens (including phenoxy) is 4. The summed E-state index contributed by atoms with van der Waals surface area (Å²) >= 11 is 0. The average Bonchev–Trinajstić information content (AvgIpc) is 3.34. The number of rotatable bonds is 11. The molecule has 31 heavy (non-hydrogen) atoms. The molecule has 0 spiro atoms. The molecule has 3 aromatic carbocycles. The van der Waals surface area contributed by atoms with Gasteiger partial charge < -0.3 is 24.3 Å². The molecule has 1 aliphatic heterocycles. The van der Waals surface area contributed by atoms with E-state index in [4.69, 9.17) is 18.9 Å². The van der Waals surface area contributed by atoms with E-state index in [1.165, 1.54) is 0 Å². The van der Waals surface area contributed by atoms with Crippen LogP contribution in [0, 0.1) is 0 Å². The average molecular weight is 420 g/mol. The largest absolute Gasteiger partial charge is 0.490 e. The van der Waals surface area contributed by atoms with Crippen LogP contribution in [-0.4, -0.2) is 32.5 Å². The van der Waals surface area contributed by atoms with Crippen LogP contribution in [0.5, 0.6) is 17.2 Å². The zero-order chi connectivity index (χ0) is 21.1. The molecule has 5 nitrogen and oxygen atoms in total. The summed E-state index contributed by atoms with van der Waals surface area (Å²) in [5.74, 6) is 2.53. The molecule has 162 valence electrons. The maximum absolute atomic E-state index is 6.01. The van der Waals surface area contributed by atoms with Crippen LogP contribution in [0.4, 0.5) is 5.69 Å². The van der Waals surface area contributed by atoms with Crippen molar-refractivity contribution in [1.82, 2.24) is 0 Å². The molecule has 1 aliphatic rings. The zero-order valence-electron chi connectivity index (χ0n) is 17.7. The van der Waals surface area contributed by atoms with Gasteiger partial charge in [-0.05, 0) is 54.8 Å². The molecule has 5 heteroatoms. The van der Waals surface area contributed by atoms with E-state index in [0.29, 0.717) is 26.4 Å². The molecular formula is C26H29NO4. The molecule has 0 aliphatic carbocycles. The molecule has 1 N–H and O–H groups in total. The smallest absolute Gasteiger partial charge is 0.142 e. The van der Waals surface area contributed by atoms with E-state index in [1.54, 1.807) is 0 Å². The Hall–Kier alpha value is -3.18. The Morgan fingerprint density at radius 1 is 0.806 bits per heavy atom. The van der Waals surface area contributed by atoms with Crippen molar-refractivity contribution in [3.63, 3.8) is 0 Å². The first-order valence-electron chi connectivity index (χ1n) is 10.8. The number of nitrogens with one attached hydrogen (secondary N) is 1. The van der Waals surface area contributed by atoms with Crippen LogP contribution < -0.4 is 19.5 Å². The molecule has 0 saturated carbocycles. The van der Waals surface area contributed by atoms with E-state index in [2.05, 4.69) is 11.4 Å². The van der Waals surface area contributed by atoms with Gasteiger partial charge in [-0.3, -0.25) is 0 Å². The van der Waals surface area contributed by atoms with Gasteiger partial charge in [-0.2, -0.15) is 0 Å². The van der Waals surface area contributed by atoms with Gasteiger partial charge in [-0.25, -0.2) is 0 Å². The predicted octanol–water partition coefficient (Wildman–Crippen LogP) is 5.31. The maximum atomic E-state index is 6.01. The third-order valence-electron chi connectivity index (χ3n) is 5.08. The van der Waals surface area contributed by atoms with Gasteiger partial charge in [-0.15, -0.1) is 0 Å². The fourth-order valence-corrected chi connectivity index (χ4v) is 3.48. The van der Waals surface area contributed by atoms with Crippen LogP contribution in [0.15, 0.2) is 78.9 Å². The predicted molar refractivity (Wildman–Crippen MR) is 122 cm³/mol. The Kier molecular flexibility index (Phi) is 7.66. The molecule has 0 amide bonds. The first kappa shape index (κ1) is 21.1. The van der Waals surface area contributed by atoms with Crippen LogP contribution in [-0.2, 0) is 11.3 Å². The van der Waals surface area contributed by atoms with E-state index in [0.717, 1.165) is 47.9 Å². The molecule has 0 aromatic heterocycles. The Bertz CT molecular complexity index is 925. The van der Waals surface area contributed by atoms with E-state index in [1.807, 2.05) is 72.8 Å². The summed E-state index contributed by atoms with van der Waals surface area (Å²) in [6.07, 6.45) is 2.39. The normalized spacial score (nSPS) is 15.4. The molecular weight excluding hydrogens is 390 g/mol. The summed E-state index contributed by atoms with van der Waals surface area (Å²) in [7, 11) is 0. The fourth-order valence-electron chi connectivity index (χ4n) is 3.48. The van der Waals surface area contributed by atoms with E-state index in [9.17, 15) is 0 Å². The van der Waals surface area contributed by atoms with Gasteiger partial charge in [0.25, 0.3) is 0 Å². The van der Waals surface area contributed by atoms with Crippen molar-refractivity contribution in [1.29, 1.82) is 0 Å². The topological polar surface area (TPSA) is 49.0 Å². The second kappa shape index (κ2) is 11.3. The summed E-state index contributed by atoms with van der Waals surface area (Å²) in [5.41, 5.74) is 2.11. The van der Waals surface area contributed by atoms with Crippen molar-refractivity contribution in [2.45, 2.75) is 25.5 Å². The quantitative estimate of drug-likeness (QED) is 0.427. The van der Waals surface area contributed by atoms with Crippen LogP contribution in [0.1, 0.15) is 18.4 Å². The Morgan fingerprint density at radius 3 is 2.42 bits per heavy atom. The lowest BCUT2D eigenvalue weighted by Gasteiger charge is -2.16. The second-order valence-corrected chi connectivity index (χ2v) is 7.45. The van der Waals surface area contributed by atoms with Crippen molar-refractivity contribution in [2.75, 3.05) is 31.7 Å². The van der Waals surface area contributed by atoms with Gasteiger partial charge >= 0.3 is 0 Å².